The molecular weight excluding hydrogens is 272 g/mol. The van der Waals surface area contributed by atoms with Crippen molar-refractivity contribution >= 4 is 17.6 Å². The number of aromatic nitrogens is 2. The summed E-state index contributed by atoms with van der Waals surface area (Å²) in [5.74, 6) is -0.221. The number of carbonyl (C=O) groups is 1. The van der Waals surface area contributed by atoms with Gasteiger partial charge in [0.05, 0.1) is 18.2 Å². The summed E-state index contributed by atoms with van der Waals surface area (Å²) in [6.07, 6.45) is 1.83. The molecule has 0 aliphatic rings. The molecule has 0 aromatic carbocycles. The van der Waals surface area contributed by atoms with Crippen molar-refractivity contribution in [2.45, 2.75) is 26.7 Å². The number of carboxylic acid groups (broad SMARTS) is 1. The highest BCUT2D eigenvalue weighted by Crippen LogP contribution is 2.30. The first-order chi connectivity index (χ1) is 8.87. The highest BCUT2D eigenvalue weighted by atomic mass is 35.5. The second-order valence-corrected chi connectivity index (χ2v) is 5.36. The fourth-order valence-electron chi connectivity index (χ4n) is 1.76. The normalized spacial score (nSPS) is 11.7. The first-order valence-electron chi connectivity index (χ1n) is 5.65. The van der Waals surface area contributed by atoms with Crippen LogP contribution in [0.4, 0.5) is 0 Å². The molecule has 2 aromatic heterocycles. The van der Waals surface area contributed by atoms with Gasteiger partial charge in [0.2, 0.25) is 11.1 Å². The van der Waals surface area contributed by atoms with Crippen LogP contribution in [0.25, 0.3) is 11.5 Å². The van der Waals surface area contributed by atoms with Crippen LogP contribution in [0.5, 0.6) is 0 Å². The molecule has 0 aliphatic carbocycles. The van der Waals surface area contributed by atoms with Crippen molar-refractivity contribution in [2.24, 2.45) is 5.41 Å². The Kier molecular flexibility index (Phi) is 3.61. The average Bonchev–Trinajstić information content (AvgIpc) is 2.84. The largest absolute Gasteiger partial charge is 0.481 e. The number of hydrogen-bond acceptors (Lipinski definition) is 5. The van der Waals surface area contributed by atoms with Crippen LogP contribution in [0, 0.1) is 5.41 Å². The van der Waals surface area contributed by atoms with Crippen LogP contribution in [0.3, 0.4) is 0 Å². The summed E-state index contributed by atoms with van der Waals surface area (Å²) in [5.41, 5.74) is 0.0620. The number of nitrogens with zero attached hydrogens (tertiary/aromatic N) is 2. The van der Waals surface area contributed by atoms with E-state index in [0.29, 0.717) is 17.9 Å². The highest BCUT2D eigenvalue weighted by Gasteiger charge is 2.25. The quantitative estimate of drug-likeness (QED) is 0.907. The molecule has 0 aliphatic heterocycles. The van der Waals surface area contributed by atoms with Gasteiger partial charge in [-0.25, -0.2) is 0 Å². The van der Waals surface area contributed by atoms with Crippen molar-refractivity contribution in [3.05, 3.63) is 23.4 Å². The Labute approximate surface area is 114 Å². The minimum absolute atomic E-state index is 0.0250. The summed E-state index contributed by atoms with van der Waals surface area (Å²) in [7, 11) is 0. The van der Waals surface area contributed by atoms with Crippen molar-refractivity contribution in [3.8, 4) is 11.5 Å². The molecule has 0 unspecified atom stereocenters. The predicted molar refractivity (Wildman–Crippen MR) is 66.7 cm³/mol. The van der Waals surface area contributed by atoms with Gasteiger partial charge in [-0.15, -0.1) is 10.2 Å². The van der Waals surface area contributed by atoms with Crippen LogP contribution < -0.4 is 0 Å². The van der Waals surface area contributed by atoms with Crippen LogP contribution in [0.1, 0.15) is 26.2 Å². The molecule has 0 fully saturated rings. The van der Waals surface area contributed by atoms with Gasteiger partial charge in [0.15, 0.2) is 0 Å². The Balaban J connectivity index is 2.14. The summed E-state index contributed by atoms with van der Waals surface area (Å²) in [5, 5.41) is 16.8. The van der Waals surface area contributed by atoms with E-state index < -0.39 is 11.4 Å². The Bertz CT molecular complexity index is 588. The molecule has 1 N–H and O–H groups in total. The van der Waals surface area contributed by atoms with E-state index in [1.165, 1.54) is 6.26 Å². The summed E-state index contributed by atoms with van der Waals surface area (Å²) in [6, 6.07) is 1.63. The number of furan rings is 1. The topological polar surface area (TPSA) is 89.4 Å². The number of rotatable bonds is 5. The molecule has 7 heteroatoms. The van der Waals surface area contributed by atoms with Crippen LogP contribution in [0.2, 0.25) is 5.22 Å². The molecule has 19 heavy (non-hydrogen) atoms. The third kappa shape index (κ3) is 3.35. The van der Waals surface area contributed by atoms with Crippen molar-refractivity contribution in [2.75, 3.05) is 0 Å². The molecule has 0 spiro atoms. The van der Waals surface area contributed by atoms with Gasteiger partial charge in [-0.2, -0.15) is 0 Å². The molecule has 102 valence electrons. The molecule has 0 atom stereocenters. The zero-order valence-electron chi connectivity index (χ0n) is 10.5. The lowest BCUT2D eigenvalue weighted by atomic mass is 9.86. The van der Waals surface area contributed by atoms with Gasteiger partial charge in [0, 0.05) is 6.42 Å². The van der Waals surface area contributed by atoms with Crippen molar-refractivity contribution in [1.82, 2.24) is 10.2 Å². The average molecular weight is 285 g/mol. The van der Waals surface area contributed by atoms with Crippen LogP contribution in [-0.4, -0.2) is 21.3 Å². The van der Waals surface area contributed by atoms with Crippen LogP contribution >= 0.6 is 11.6 Å². The Hall–Kier alpha value is -1.82. The molecule has 2 heterocycles. The highest BCUT2D eigenvalue weighted by molar-refractivity contribution is 6.31. The lowest BCUT2D eigenvalue weighted by Gasteiger charge is -2.19. The molecular formula is C12H13ClN2O4. The zero-order valence-corrected chi connectivity index (χ0v) is 11.3. The van der Waals surface area contributed by atoms with Gasteiger partial charge in [0.25, 0.3) is 5.89 Å². The number of aliphatic carboxylic acids is 1. The maximum absolute atomic E-state index is 10.7. The number of carboxylic acids is 1. The first kappa shape index (κ1) is 13.6. The lowest BCUT2D eigenvalue weighted by molar-refractivity contribution is -0.139. The fourth-order valence-corrected chi connectivity index (χ4v) is 1.96. The minimum atomic E-state index is -0.859. The lowest BCUT2D eigenvalue weighted by Crippen LogP contribution is -2.19. The van der Waals surface area contributed by atoms with Gasteiger partial charge in [-0.3, -0.25) is 4.79 Å². The van der Waals surface area contributed by atoms with Gasteiger partial charge < -0.3 is 13.9 Å². The predicted octanol–water partition coefficient (Wildman–Crippen LogP) is 3.03. The van der Waals surface area contributed by atoms with Gasteiger partial charge >= 0.3 is 5.97 Å². The molecule has 2 aromatic rings. The van der Waals surface area contributed by atoms with Crippen molar-refractivity contribution in [3.63, 3.8) is 0 Å². The summed E-state index contributed by atoms with van der Waals surface area (Å²) >= 11 is 5.81. The molecule has 0 radical (unpaired) electrons. The van der Waals surface area contributed by atoms with Crippen molar-refractivity contribution in [1.29, 1.82) is 0 Å². The summed E-state index contributed by atoms with van der Waals surface area (Å²) in [6.45, 7) is 3.66. The van der Waals surface area contributed by atoms with Crippen LogP contribution in [-0.2, 0) is 11.2 Å². The van der Waals surface area contributed by atoms with E-state index in [0.717, 1.165) is 0 Å². The second-order valence-electron chi connectivity index (χ2n) is 5.02. The first-order valence-corrected chi connectivity index (χ1v) is 6.03. The van der Waals surface area contributed by atoms with E-state index in [4.69, 9.17) is 25.5 Å². The molecule has 0 bridgehead atoms. The van der Waals surface area contributed by atoms with E-state index >= 15 is 0 Å². The van der Waals surface area contributed by atoms with Gasteiger partial charge in [0.1, 0.15) is 0 Å². The second kappa shape index (κ2) is 5.05. The van der Waals surface area contributed by atoms with E-state index in [1.54, 1.807) is 6.07 Å². The standard InChI is InChI=1S/C12H13ClN2O4/c1-12(2,6-9(16)17)5-8-14-15-11(19-8)7-3-4-18-10(7)13/h3-4H,5-6H2,1-2H3,(H,16,17). The Morgan fingerprint density at radius 3 is 2.79 bits per heavy atom. The van der Waals surface area contributed by atoms with Gasteiger partial charge in [-0.05, 0) is 23.1 Å². The van der Waals surface area contributed by atoms with E-state index in [9.17, 15) is 4.79 Å². The van der Waals surface area contributed by atoms with E-state index in [1.807, 2.05) is 13.8 Å². The summed E-state index contributed by atoms with van der Waals surface area (Å²) in [4.78, 5) is 10.7. The molecule has 2 rings (SSSR count). The maximum atomic E-state index is 10.7. The zero-order chi connectivity index (χ0) is 14.0. The monoisotopic (exact) mass is 284 g/mol. The molecule has 0 saturated heterocycles. The maximum Gasteiger partial charge on any atom is 0.303 e. The number of hydrogen-bond donors (Lipinski definition) is 1. The fraction of sp³-hybridized carbons (Fsp3) is 0.417. The minimum Gasteiger partial charge on any atom is -0.481 e. The Morgan fingerprint density at radius 2 is 2.21 bits per heavy atom. The molecule has 0 amide bonds. The summed E-state index contributed by atoms with van der Waals surface area (Å²) < 4.78 is 10.4. The third-order valence-corrected chi connectivity index (χ3v) is 2.87. The molecule has 0 saturated carbocycles. The smallest absolute Gasteiger partial charge is 0.303 e. The van der Waals surface area contributed by atoms with E-state index in [2.05, 4.69) is 10.2 Å². The van der Waals surface area contributed by atoms with Crippen LogP contribution in [0.15, 0.2) is 21.2 Å². The van der Waals surface area contributed by atoms with Crippen molar-refractivity contribution < 1.29 is 18.7 Å². The Morgan fingerprint density at radius 1 is 1.47 bits per heavy atom. The van der Waals surface area contributed by atoms with E-state index in [-0.39, 0.29) is 17.5 Å². The van der Waals surface area contributed by atoms with Gasteiger partial charge in [-0.1, -0.05) is 13.8 Å². The SMILES string of the molecule is CC(C)(CC(=O)O)Cc1nnc(-c2ccoc2Cl)o1. The number of halogens is 1. The molecule has 6 nitrogen and oxygen atoms in total. The third-order valence-electron chi connectivity index (χ3n) is 2.57.